The average molecular weight is 244 g/mol. The van der Waals surface area contributed by atoms with Crippen LogP contribution in [0.1, 0.15) is 16.7 Å². The van der Waals surface area contributed by atoms with E-state index < -0.39 is 0 Å². The summed E-state index contributed by atoms with van der Waals surface area (Å²) in [4.78, 5) is 2.35. The molecule has 2 aromatic carbocycles. The SMILES string of the molecule is Cc1cc(C)c(Sc2cccc(O)c2)c(C)c1. The van der Waals surface area contributed by atoms with E-state index in [0.717, 1.165) is 4.90 Å². The third kappa shape index (κ3) is 2.83. The van der Waals surface area contributed by atoms with Crippen LogP contribution in [0.15, 0.2) is 46.2 Å². The largest absolute Gasteiger partial charge is 0.508 e. The first-order valence-corrected chi connectivity index (χ1v) is 6.42. The molecule has 0 heterocycles. The second-order valence-electron chi connectivity index (χ2n) is 4.33. The fraction of sp³-hybridized carbons (Fsp3) is 0.200. The number of rotatable bonds is 2. The van der Waals surface area contributed by atoms with Gasteiger partial charge in [-0.3, -0.25) is 0 Å². The second kappa shape index (κ2) is 4.84. The van der Waals surface area contributed by atoms with Gasteiger partial charge in [-0.25, -0.2) is 0 Å². The summed E-state index contributed by atoms with van der Waals surface area (Å²) in [6.07, 6.45) is 0. The van der Waals surface area contributed by atoms with E-state index in [1.54, 1.807) is 23.9 Å². The van der Waals surface area contributed by atoms with Crippen LogP contribution in [0.5, 0.6) is 5.75 Å². The van der Waals surface area contributed by atoms with Gasteiger partial charge in [-0.2, -0.15) is 0 Å². The van der Waals surface area contributed by atoms with Gasteiger partial charge in [0.1, 0.15) is 5.75 Å². The lowest BCUT2D eigenvalue weighted by Gasteiger charge is -2.10. The zero-order valence-electron chi connectivity index (χ0n) is 10.3. The number of phenols is 1. The molecule has 2 aromatic rings. The maximum Gasteiger partial charge on any atom is 0.116 e. The van der Waals surface area contributed by atoms with Gasteiger partial charge in [0.2, 0.25) is 0 Å². The second-order valence-corrected chi connectivity index (χ2v) is 5.41. The third-order valence-electron chi connectivity index (χ3n) is 2.64. The predicted octanol–water partition coefficient (Wildman–Crippen LogP) is 4.47. The highest BCUT2D eigenvalue weighted by Gasteiger charge is 2.06. The van der Waals surface area contributed by atoms with E-state index in [4.69, 9.17) is 0 Å². The maximum absolute atomic E-state index is 9.46. The Morgan fingerprint density at radius 2 is 1.59 bits per heavy atom. The Balaban J connectivity index is 2.36. The standard InChI is InChI=1S/C15H16OS/c1-10-7-11(2)15(12(3)8-10)17-14-6-4-5-13(16)9-14/h4-9,16H,1-3H3. The van der Waals surface area contributed by atoms with Gasteiger partial charge in [-0.1, -0.05) is 35.5 Å². The molecule has 0 unspecified atom stereocenters. The monoisotopic (exact) mass is 244 g/mol. The summed E-state index contributed by atoms with van der Waals surface area (Å²) >= 11 is 1.70. The number of hydrogen-bond acceptors (Lipinski definition) is 2. The molecule has 0 aromatic heterocycles. The van der Waals surface area contributed by atoms with E-state index in [1.165, 1.54) is 21.6 Å². The topological polar surface area (TPSA) is 20.2 Å². The Morgan fingerprint density at radius 3 is 2.18 bits per heavy atom. The Bertz CT molecular complexity index is 523. The number of phenolic OH excluding ortho intramolecular Hbond substituents is 1. The van der Waals surface area contributed by atoms with Crippen LogP contribution in [0, 0.1) is 20.8 Å². The first kappa shape index (κ1) is 12.1. The number of hydrogen-bond donors (Lipinski definition) is 1. The summed E-state index contributed by atoms with van der Waals surface area (Å²) in [5.74, 6) is 0.317. The van der Waals surface area contributed by atoms with Gasteiger partial charge in [0.05, 0.1) is 0 Å². The van der Waals surface area contributed by atoms with Gasteiger partial charge < -0.3 is 5.11 Å². The molecule has 0 saturated heterocycles. The van der Waals surface area contributed by atoms with E-state index in [1.807, 2.05) is 12.1 Å². The van der Waals surface area contributed by atoms with Crippen LogP contribution in [0.4, 0.5) is 0 Å². The average Bonchev–Trinajstić information content (AvgIpc) is 2.23. The molecule has 0 aliphatic carbocycles. The van der Waals surface area contributed by atoms with Crippen molar-refractivity contribution in [3.63, 3.8) is 0 Å². The van der Waals surface area contributed by atoms with E-state index in [0.29, 0.717) is 5.75 Å². The van der Waals surface area contributed by atoms with Crippen LogP contribution >= 0.6 is 11.8 Å². The van der Waals surface area contributed by atoms with Crippen LogP contribution < -0.4 is 0 Å². The minimum atomic E-state index is 0.317. The summed E-state index contributed by atoms with van der Waals surface area (Å²) in [5, 5.41) is 9.46. The van der Waals surface area contributed by atoms with Crippen LogP contribution in [-0.4, -0.2) is 5.11 Å². The molecular weight excluding hydrogens is 228 g/mol. The van der Waals surface area contributed by atoms with E-state index in [9.17, 15) is 5.11 Å². The summed E-state index contributed by atoms with van der Waals surface area (Å²) in [5.41, 5.74) is 3.87. The molecule has 0 amide bonds. The molecular formula is C15H16OS. The first-order valence-electron chi connectivity index (χ1n) is 5.61. The summed E-state index contributed by atoms with van der Waals surface area (Å²) < 4.78 is 0. The molecule has 0 bridgehead atoms. The molecule has 1 nitrogen and oxygen atoms in total. The Kier molecular flexibility index (Phi) is 3.43. The summed E-state index contributed by atoms with van der Waals surface area (Å²) in [7, 11) is 0. The van der Waals surface area contributed by atoms with Crippen molar-refractivity contribution in [3.8, 4) is 5.75 Å². The zero-order valence-corrected chi connectivity index (χ0v) is 11.1. The fourth-order valence-corrected chi connectivity index (χ4v) is 2.99. The molecule has 0 aliphatic heterocycles. The molecule has 88 valence electrons. The third-order valence-corrected chi connectivity index (χ3v) is 3.98. The lowest BCUT2D eigenvalue weighted by atomic mass is 10.1. The normalized spacial score (nSPS) is 10.5. The summed E-state index contributed by atoms with van der Waals surface area (Å²) in [6.45, 7) is 6.37. The first-order chi connectivity index (χ1) is 8.06. The number of aryl methyl sites for hydroxylation is 3. The lowest BCUT2D eigenvalue weighted by Crippen LogP contribution is -1.87. The van der Waals surface area contributed by atoms with Crippen molar-refractivity contribution in [1.82, 2.24) is 0 Å². The molecule has 0 spiro atoms. The van der Waals surface area contributed by atoms with Crippen molar-refractivity contribution in [2.45, 2.75) is 30.6 Å². The van der Waals surface area contributed by atoms with Gasteiger partial charge in [-0.15, -0.1) is 0 Å². The quantitative estimate of drug-likeness (QED) is 0.841. The molecule has 0 fully saturated rings. The van der Waals surface area contributed by atoms with Gasteiger partial charge in [0.25, 0.3) is 0 Å². The molecule has 17 heavy (non-hydrogen) atoms. The molecule has 0 aliphatic rings. The van der Waals surface area contributed by atoms with Crippen molar-refractivity contribution in [3.05, 3.63) is 53.1 Å². The van der Waals surface area contributed by atoms with Gasteiger partial charge in [0, 0.05) is 9.79 Å². The van der Waals surface area contributed by atoms with Crippen molar-refractivity contribution in [2.24, 2.45) is 0 Å². The highest BCUT2D eigenvalue weighted by Crippen LogP contribution is 2.34. The van der Waals surface area contributed by atoms with Crippen molar-refractivity contribution < 1.29 is 5.11 Å². The van der Waals surface area contributed by atoms with Crippen molar-refractivity contribution in [1.29, 1.82) is 0 Å². The molecule has 1 N–H and O–H groups in total. The molecule has 0 atom stereocenters. The minimum Gasteiger partial charge on any atom is -0.508 e. The van der Waals surface area contributed by atoms with Crippen molar-refractivity contribution in [2.75, 3.05) is 0 Å². The van der Waals surface area contributed by atoms with E-state index in [2.05, 4.69) is 32.9 Å². The molecule has 2 rings (SSSR count). The van der Waals surface area contributed by atoms with Crippen LogP contribution in [-0.2, 0) is 0 Å². The lowest BCUT2D eigenvalue weighted by molar-refractivity contribution is 0.474. The maximum atomic E-state index is 9.46. The Morgan fingerprint density at radius 1 is 0.941 bits per heavy atom. The number of aromatic hydroxyl groups is 1. The van der Waals surface area contributed by atoms with E-state index in [-0.39, 0.29) is 0 Å². The Labute approximate surface area is 107 Å². The summed E-state index contributed by atoms with van der Waals surface area (Å²) in [6, 6.07) is 11.8. The predicted molar refractivity (Wildman–Crippen MR) is 72.9 cm³/mol. The van der Waals surface area contributed by atoms with Gasteiger partial charge >= 0.3 is 0 Å². The molecule has 0 saturated carbocycles. The van der Waals surface area contributed by atoms with Crippen LogP contribution in [0.2, 0.25) is 0 Å². The van der Waals surface area contributed by atoms with Crippen LogP contribution in [0.25, 0.3) is 0 Å². The minimum absolute atomic E-state index is 0.317. The van der Waals surface area contributed by atoms with Gasteiger partial charge in [-0.05, 0) is 50.1 Å². The van der Waals surface area contributed by atoms with E-state index >= 15 is 0 Å². The van der Waals surface area contributed by atoms with Crippen molar-refractivity contribution >= 4 is 11.8 Å². The molecule has 2 heteroatoms. The number of benzene rings is 2. The molecule has 0 radical (unpaired) electrons. The fourth-order valence-electron chi connectivity index (χ4n) is 1.99. The zero-order chi connectivity index (χ0) is 12.4. The van der Waals surface area contributed by atoms with Gasteiger partial charge in [0.15, 0.2) is 0 Å². The smallest absolute Gasteiger partial charge is 0.116 e. The Hall–Kier alpha value is -1.41. The highest BCUT2D eigenvalue weighted by molar-refractivity contribution is 7.99. The van der Waals surface area contributed by atoms with Crippen LogP contribution in [0.3, 0.4) is 0 Å². The highest BCUT2D eigenvalue weighted by atomic mass is 32.2.